The van der Waals surface area contributed by atoms with E-state index in [1.807, 2.05) is 6.07 Å². The molecule has 1 aromatic heterocycles. The summed E-state index contributed by atoms with van der Waals surface area (Å²) >= 11 is 0. The summed E-state index contributed by atoms with van der Waals surface area (Å²) in [6, 6.07) is 1.93. The van der Waals surface area contributed by atoms with E-state index in [1.54, 1.807) is 10.9 Å². The Balaban J connectivity index is 0.00000225. The van der Waals surface area contributed by atoms with Crippen LogP contribution in [0, 0.1) is 0 Å². The molecule has 1 aromatic rings. The molecule has 0 amide bonds. The molecule has 94 valence electrons. The first-order valence-corrected chi connectivity index (χ1v) is 5.66. The van der Waals surface area contributed by atoms with E-state index in [9.17, 15) is 4.39 Å². The molecule has 0 aromatic carbocycles. The molecule has 0 atom stereocenters. The first kappa shape index (κ1) is 15.4. The van der Waals surface area contributed by atoms with Gasteiger partial charge >= 0.3 is 0 Å². The number of rotatable bonds is 8. The largest absolute Gasteiger partial charge is 0.311 e. The molecular weight excluding hydrogens is 229 g/mol. The molecule has 0 unspecified atom stereocenters. The lowest BCUT2D eigenvalue weighted by atomic mass is 10.2. The van der Waals surface area contributed by atoms with Crippen molar-refractivity contribution in [1.29, 1.82) is 0 Å². The molecule has 0 aliphatic heterocycles. The monoisotopic (exact) mass is 249 g/mol. The maximum atomic E-state index is 12.1. The number of nitrogens with one attached hydrogen (secondary N) is 1. The minimum absolute atomic E-state index is 0. The van der Waals surface area contributed by atoms with Gasteiger partial charge in [-0.2, -0.15) is 5.10 Å². The van der Waals surface area contributed by atoms with Gasteiger partial charge in [0.1, 0.15) is 6.67 Å². The van der Waals surface area contributed by atoms with Crippen molar-refractivity contribution >= 4 is 12.4 Å². The highest BCUT2D eigenvalue weighted by Gasteiger charge is 2.00. The van der Waals surface area contributed by atoms with Crippen LogP contribution in [0.5, 0.6) is 0 Å². The Hall–Kier alpha value is -0.610. The first-order chi connectivity index (χ1) is 7.38. The van der Waals surface area contributed by atoms with Gasteiger partial charge in [-0.1, -0.05) is 19.8 Å². The second-order valence-electron chi connectivity index (χ2n) is 3.62. The molecule has 1 heterocycles. The van der Waals surface area contributed by atoms with Crippen molar-refractivity contribution in [2.24, 2.45) is 0 Å². The van der Waals surface area contributed by atoms with Gasteiger partial charge in [-0.15, -0.1) is 12.4 Å². The van der Waals surface area contributed by atoms with Crippen LogP contribution in [-0.4, -0.2) is 23.0 Å². The lowest BCUT2D eigenvalue weighted by molar-refractivity contribution is 0.416. The Bertz CT molecular complexity index is 265. The third-order valence-corrected chi connectivity index (χ3v) is 2.36. The summed E-state index contributed by atoms with van der Waals surface area (Å²) < 4.78 is 13.9. The Kier molecular flexibility index (Phi) is 9.24. The molecule has 5 heteroatoms. The number of nitrogens with zero attached hydrogens (tertiary/aromatic N) is 2. The van der Waals surface area contributed by atoms with Gasteiger partial charge in [-0.3, -0.25) is 4.68 Å². The van der Waals surface area contributed by atoms with Gasteiger partial charge in [-0.05, 0) is 19.0 Å². The number of aryl methyl sites for hydroxylation is 1. The lowest BCUT2D eigenvalue weighted by Crippen LogP contribution is -2.18. The molecule has 0 saturated carbocycles. The SMILES string of the molecule is CCCCCNCc1ccnn1CCF.Cl. The maximum absolute atomic E-state index is 12.1. The zero-order valence-corrected chi connectivity index (χ0v) is 10.6. The van der Waals surface area contributed by atoms with Crippen LogP contribution in [0.3, 0.4) is 0 Å². The van der Waals surface area contributed by atoms with Crippen LogP contribution in [-0.2, 0) is 13.1 Å². The molecule has 1 rings (SSSR count). The van der Waals surface area contributed by atoms with Crippen LogP contribution < -0.4 is 5.32 Å². The van der Waals surface area contributed by atoms with Crippen LogP contribution in [0.1, 0.15) is 31.9 Å². The molecule has 0 aliphatic carbocycles. The quantitative estimate of drug-likeness (QED) is 0.718. The minimum atomic E-state index is -0.357. The van der Waals surface area contributed by atoms with Gasteiger partial charge in [0, 0.05) is 12.7 Å². The number of aromatic nitrogens is 2. The van der Waals surface area contributed by atoms with Gasteiger partial charge in [0.05, 0.1) is 12.2 Å². The lowest BCUT2D eigenvalue weighted by Gasteiger charge is -2.06. The van der Waals surface area contributed by atoms with Crippen molar-refractivity contribution in [1.82, 2.24) is 15.1 Å². The summed E-state index contributed by atoms with van der Waals surface area (Å²) in [5.41, 5.74) is 1.06. The van der Waals surface area contributed by atoms with Crippen molar-refractivity contribution < 1.29 is 4.39 Å². The van der Waals surface area contributed by atoms with E-state index in [-0.39, 0.29) is 19.1 Å². The fraction of sp³-hybridized carbons (Fsp3) is 0.727. The predicted molar refractivity (Wildman–Crippen MR) is 66.7 cm³/mol. The van der Waals surface area contributed by atoms with Crippen molar-refractivity contribution in [2.45, 2.75) is 39.3 Å². The molecule has 0 radical (unpaired) electrons. The standard InChI is InChI=1S/C11H20FN3.ClH/c1-2-3-4-7-13-10-11-5-8-14-15(11)9-6-12;/h5,8,13H,2-4,6-7,9-10H2,1H3;1H. The summed E-state index contributed by atoms with van der Waals surface area (Å²) in [5.74, 6) is 0. The highest BCUT2D eigenvalue weighted by molar-refractivity contribution is 5.85. The maximum Gasteiger partial charge on any atom is 0.109 e. The van der Waals surface area contributed by atoms with E-state index in [0.29, 0.717) is 6.54 Å². The summed E-state index contributed by atoms with van der Waals surface area (Å²) in [6.07, 6.45) is 5.42. The zero-order valence-electron chi connectivity index (χ0n) is 9.79. The van der Waals surface area contributed by atoms with E-state index in [1.165, 1.54) is 19.3 Å². The van der Waals surface area contributed by atoms with Crippen LogP contribution in [0.4, 0.5) is 4.39 Å². The molecule has 3 nitrogen and oxygen atoms in total. The summed E-state index contributed by atoms with van der Waals surface area (Å²) in [6.45, 7) is 4.00. The molecular formula is C11H21ClFN3. The van der Waals surface area contributed by atoms with E-state index in [0.717, 1.165) is 18.8 Å². The number of alkyl halides is 1. The fourth-order valence-corrected chi connectivity index (χ4v) is 1.51. The first-order valence-electron chi connectivity index (χ1n) is 5.66. The third kappa shape index (κ3) is 5.47. The van der Waals surface area contributed by atoms with Gasteiger partial charge in [0.2, 0.25) is 0 Å². The topological polar surface area (TPSA) is 29.9 Å². The van der Waals surface area contributed by atoms with E-state index in [4.69, 9.17) is 0 Å². The molecule has 0 fully saturated rings. The predicted octanol–water partition coefficient (Wildman–Crippen LogP) is 2.55. The van der Waals surface area contributed by atoms with Gasteiger partial charge in [0.25, 0.3) is 0 Å². The molecule has 0 spiro atoms. The van der Waals surface area contributed by atoms with Crippen LogP contribution in [0.25, 0.3) is 0 Å². The zero-order chi connectivity index (χ0) is 10.9. The number of halogens is 2. The van der Waals surface area contributed by atoms with Crippen LogP contribution in [0.15, 0.2) is 12.3 Å². The van der Waals surface area contributed by atoms with Crippen LogP contribution in [0.2, 0.25) is 0 Å². The Morgan fingerprint density at radius 1 is 1.44 bits per heavy atom. The molecule has 0 aliphatic rings. The number of unbranched alkanes of at least 4 members (excludes halogenated alkanes) is 2. The van der Waals surface area contributed by atoms with E-state index in [2.05, 4.69) is 17.3 Å². The highest BCUT2D eigenvalue weighted by Crippen LogP contribution is 1.99. The molecule has 0 bridgehead atoms. The second-order valence-corrected chi connectivity index (χ2v) is 3.62. The van der Waals surface area contributed by atoms with E-state index < -0.39 is 0 Å². The van der Waals surface area contributed by atoms with Crippen LogP contribution >= 0.6 is 12.4 Å². The summed E-state index contributed by atoms with van der Waals surface area (Å²) in [4.78, 5) is 0. The average Bonchev–Trinajstić information content (AvgIpc) is 2.66. The summed E-state index contributed by atoms with van der Waals surface area (Å²) in [7, 11) is 0. The molecule has 1 N–H and O–H groups in total. The Morgan fingerprint density at radius 2 is 2.25 bits per heavy atom. The average molecular weight is 250 g/mol. The smallest absolute Gasteiger partial charge is 0.109 e. The van der Waals surface area contributed by atoms with Crippen molar-refractivity contribution in [3.05, 3.63) is 18.0 Å². The van der Waals surface area contributed by atoms with Gasteiger partial charge in [-0.25, -0.2) is 4.39 Å². The normalized spacial score (nSPS) is 10.1. The Labute approximate surface area is 103 Å². The van der Waals surface area contributed by atoms with Crippen molar-refractivity contribution in [3.63, 3.8) is 0 Å². The number of hydrogen-bond acceptors (Lipinski definition) is 2. The fourth-order valence-electron chi connectivity index (χ4n) is 1.51. The molecule has 0 saturated heterocycles. The van der Waals surface area contributed by atoms with Crippen molar-refractivity contribution in [3.8, 4) is 0 Å². The second kappa shape index (κ2) is 9.60. The van der Waals surface area contributed by atoms with Gasteiger partial charge < -0.3 is 5.32 Å². The highest BCUT2D eigenvalue weighted by atomic mass is 35.5. The van der Waals surface area contributed by atoms with E-state index >= 15 is 0 Å². The van der Waals surface area contributed by atoms with Crippen molar-refractivity contribution in [2.75, 3.05) is 13.2 Å². The Morgan fingerprint density at radius 3 is 2.94 bits per heavy atom. The minimum Gasteiger partial charge on any atom is -0.311 e. The summed E-state index contributed by atoms with van der Waals surface area (Å²) in [5, 5.41) is 7.40. The third-order valence-electron chi connectivity index (χ3n) is 2.36. The number of hydrogen-bond donors (Lipinski definition) is 1. The van der Waals surface area contributed by atoms with Gasteiger partial charge in [0.15, 0.2) is 0 Å². The molecule has 16 heavy (non-hydrogen) atoms.